The highest BCUT2D eigenvalue weighted by molar-refractivity contribution is 6.00. The van der Waals surface area contributed by atoms with E-state index in [0.29, 0.717) is 24.5 Å². The van der Waals surface area contributed by atoms with Crippen LogP contribution in [-0.2, 0) is 4.79 Å². The molecule has 4 rings (SSSR count). The van der Waals surface area contributed by atoms with Crippen molar-refractivity contribution in [1.29, 1.82) is 0 Å². The molecule has 0 radical (unpaired) electrons. The van der Waals surface area contributed by atoms with Crippen LogP contribution in [0.25, 0.3) is 0 Å². The minimum Gasteiger partial charge on any atom is -0.494 e. The Labute approximate surface area is 172 Å². The molecule has 1 N–H and O–H groups in total. The number of carbonyl (C=O) groups is 2. The van der Waals surface area contributed by atoms with E-state index in [0.717, 1.165) is 57.9 Å². The number of benzene rings is 1. The standard InChI is InChI=1S/C23H32N2O4/c1-2-29-20-7-3-6-17(16-20)21(27)25-15-5-13-23(25)12-4-14-24(22(23)28)18-8-10-19(26)11-9-18/h3,6-7,16,18-19,26H,2,4-5,8-15H2,1H3. The third-order valence-electron chi connectivity index (χ3n) is 6.88. The molecule has 6 heteroatoms. The molecule has 3 fully saturated rings. The number of piperidine rings is 1. The van der Waals surface area contributed by atoms with E-state index in [-0.39, 0.29) is 24.0 Å². The van der Waals surface area contributed by atoms with Crippen LogP contribution >= 0.6 is 0 Å². The summed E-state index contributed by atoms with van der Waals surface area (Å²) < 4.78 is 5.56. The molecule has 6 nitrogen and oxygen atoms in total. The van der Waals surface area contributed by atoms with Crippen molar-refractivity contribution in [2.45, 2.75) is 76.0 Å². The van der Waals surface area contributed by atoms with E-state index in [1.165, 1.54) is 0 Å². The summed E-state index contributed by atoms with van der Waals surface area (Å²) in [5, 5.41) is 9.83. The van der Waals surface area contributed by atoms with Crippen molar-refractivity contribution < 1.29 is 19.4 Å². The third-order valence-corrected chi connectivity index (χ3v) is 6.88. The molecule has 2 aliphatic heterocycles. The fourth-order valence-corrected chi connectivity index (χ4v) is 5.43. The molecule has 1 spiro atoms. The summed E-state index contributed by atoms with van der Waals surface area (Å²) in [6.45, 7) is 3.86. The lowest BCUT2D eigenvalue weighted by atomic mass is 9.82. The molecular weight excluding hydrogens is 368 g/mol. The van der Waals surface area contributed by atoms with Crippen LogP contribution in [0, 0.1) is 0 Å². The van der Waals surface area contributed by atoms with Crippen molar-refractivity contribution in [3.05, 3.63) is 29.8 Å². The minimum atomic E-state index is -0.701. The van der Waals surface area contributed by atoms with E-state index in [9.17, 15) is 14.7 Å². The fraction of sp³-hybridized carbons (Fsp3) is 0.652. The van der Waals surface area contributed by atoms with Gasteiger partial charge >= 0.3 is 0 Å². The maximum atomic E-state index is 13.7. The van der Waals surface area contributed by atoms with Gasteiger partial charge in [-0.05, 0) is 76.5 Å². The number of amides is 2. The maximum absolute atomic E-state index is 13.7. The van der Waals surface area contributed by atoms with Crippen molar-refractivity contribution in [1.82, 2.24) is 9.80 Å². The summed E-state index contributed by atoms with van der Waals surface area (Å²) in [5.74, 6) is 0.735. The summed E-state index contributed by atoms with van der Waals surface area (Å²) in [6, 6.07) is 7.48. The lowest BCUT2D eigenvalue weighted by Gasteiger charge is -2.48. The molecule has 1 aromatic rings. The Morgan fingerprint density at radius 3 is 2.62 bits per heavy atom. The highest BCUT2D eigenvalue weighted by Gasteiger charge is 2.53. The van der Waals surface area contributed by atoms with Crippen LogP contribution in [0.4, 0.5) is 0 Å². The third kappa shape index (κ3) is 3.75. The van der Waals surface area contributed by atoms with E-state index in [4.69, 9.17) is 4.74 Å². The first-order chi connectivity index (χ1) is 14.0. The van der Waals surface area contributed by atoms with Crippen molar-refractivity contribution >= 4 is 11.8 Å². The monoisotopic (exact) mass is 400 g/mol. The first-order valence-electron chi connectivity index (χ1n) is 11.1. The molecular formula is C23H32N2O4. The predicted octanol–water partition coefficient (Wildman–Crippen LogP) is 2.99. The van der Waals surface area contributed by atoms with Gasteiger partial charge in [0.05, 0.1) is 12.7 Å². The van der Waals surface area contributed by atoms with Gasteiger partial charge in [0, 0.05) is 24.7 Å². The van der Waals surface area contributed by atoms with Gasteiger partial charge in [-0.2, -0.15) is 0 Å². The summed E-state index contributed by atoms with van der Waals surface area (Å²) in [5.41, 5.74) is -0.115. The molecule has 3 aliphatic rings. The second-order valence-corrected chi connectivity index (χ2v) is 8.62. The lowest BCUT2D eigenvalue weighted by Crippen LogP contribution is -2.63. The van der Waals surface area contributed by atoms with Gasteiger partial charge in [-0.3, -0.25) is 9.59 Å². The average Bonchev–Trinajstić information content (AvgIpc) is 3.15. The van der Waals surface area contributed by atoms with E-state index < -0.39 is 5.54 Å². The summed E-state index contributed by atoms with van der Waals surface area (Å²) in [6.07, 6.45) is 6.27. The summed E-state index contributed by atoms with van der Waals surface area (Å²) >= 11 is 0. The smallest absolute Gasteiger partial charge is 0.254 e. The van der Waals surface area contributed by atoms with E-state index in [1.807, 2.05) is 34.9 Å². The zero-order chi connectivity index (χ0) is 20.4. The van der Waals surface area contributed by atoms with Gasteiger partial charge in [-0.1, -0.05) is 6.07 Å². The minimum absolute atomic E-state index is 0.0710. The van der Waals surface area contributed by atoms with Crippen LogP contribution in [0.5, 0.6) is 5.75 Å². The number of nitrogens with zero attached hydrogens (tertiary/aromatic N) is 2. The van der Waals surface area contributed by atoms with Gasteiger partial charge in [-0.25, -0.2) is 0 Å². The second-order valence-electron chi connectivity index (χ2n) is 8.62. The van der Waals surface area contributed by atoms with Crippen LogP contribution in [0.3, 0.4) is 0 Å². The lowest BCUT2D eigenvalue weighted by molar-refractivity contribution is -0.149. The largest absolute Gasteiger partial charge is 0.494 e. The molecule has 1 unspecified atom stereocenters. The van der Waals surface area contributed by atoms with Crippen LogP contribution in [0.15, 0.2) is 24.3 Å². The SMILES string of the molecule is CCOc1cccc(C(=O)N2CCCC23CCCN(C2CCC(O)CC2)C3=O)c1. The average molecular weight is 401 g/mol. The van der Waals surface area contributed by atoms with Crippen LogP contribution in [0.1, 0.15) is 68.6 Å². The quantitative estimate of drug-likeness (QED) is 0.844. The Kier molecular flexibility index (Phi) is 5.81. The van der Waals surface area contributed by atoms with E-state index in [1.54, 1.807) is 6.07 Å². The van der Waals surface area contributed by atoms with Gasteiger partial charge in [0.2, 0.25) is 5.91 Å². The topological polar surface area (TPSA) is 70.1 Å². The molecule has 0 aromatic heterocycles. The first kappa shape index (κ1) is 20.2. The first-order valence-corrected chi connectivity index (χ1v) is 11.1. The highest BCUT2D eigenvalue weighted by atomic mass is 16.5. The highest BCUT2D eigenvalue weighted by Crippen LogP contribution is 2.41. The van der Waals surface area contributed by atoms with Gasteiger partial charge < -0.3 is 19.6 Å². The molecule has 0 bridgehead atoms. The van der Waals surface area contributed by atoms with Gasteiger partial charge in [-0.15, -0.1) is 0 Å². The zero-order valence-electron chi connectivity index (χ0n) is 17.3. The molecule has 158 valence electrons. The second kappa shape index (κ2) is 8.34. The Morgan fingerprint density at radius 1 is 1.17 bits per heavy atom. The molecule has 2 heterocycles. The van der Waals surface area contributed by atoms with Crippen LogP contribution < -0.4 is 4.74 Å². The molecule has 1 aliphatic carbocycles. The van der Waals surface area contributed by atoms with Gasteiger partial charge in [0.15, 0.2) is 0 Å². The van der Waals surface area contributed by atoms with Crippen molar-refractivity contribution in [3.63, 3.8) is 0 Å². The normalized spacial score (nSPS) is 30.1. The van der Waals surface area contributed by atoms with E-state index >= 15 is 0 Å². The number of hydrogen-bond acceptors (Lipinski definition) is 4. The predicted molar refractivity (Wildman–Crippen MR) is 110 cm³/mol. The maximum Gasteiger partial charge on any atom is 0.254 e. The van der Waals surface area contributed by atoms with Gasteiger partial charge in [0.25, 0.3) is 5.91 Å². The van der Waals surface area contributed by atoms with Crippen molar-refractivity contribution in [2.24, 2.45) is 0 Å². The summed E-state index contributed by atoms with van der Waals surface area (Å²) in [4.78, 5) is 31.0. The number of carbonyl (C=O) groups excluding carboxylic acids is 2. The molecule has 2 amide bonds. The van der Waals surface area contributed by atoms with Crippen LogP contribution in [-0.4, -0.2) is 64.1 Å². The fourth-order valence-electron chi connectivity index (χ4n) is 5.43. The van der Waals surface area contributed by atoms with Crippen LogP contribution in [0.2, 0.25) is 0 Å². The molecule has 29 heavy (non-hydrogen) atoms. The number of likely N-dealkylation sites (tertiary alicyclic amines) is 2. The Balaban J connectivity index is 1.56. The Morgan fingerprint density at radius 2 is 1.90 bits per heavy atom. The molecule has 2 saturated heterocycles. The number of aliphatic hydroxyl groups excluding tert-OH is 1. The van der Waals surface area contributed by atoms with Crippen molar-refractivity contribution in [3.8, 4) is 5.75 Å². The number of ether oxygens (including phenoxy) is 1. The molecule has 1 saturated carbocycles. The number of hydrogen-bond donors (Lipinski definition) is 1. The molecule has 1 aromatic carbocycles. The Hall–Kier alpha value is -2.08. The van der Waals surface area contributed by atoms with Gasteiger partial charge in [0.1, 0.15) is 11.3 Å². The summed E-state index contributed by atoms with van der Waals surface area (Å²) in [7, 11) is 0. The number of aliphatic hydroxyl groups is 1. The zero-order valence-corrected chi connectivity index (χ0v) is 17.3. The van der Waals surface area contributed by atoms with E-state index in [2.05, 4.69) is 0 Å². The molecule has 1 atom stereocenters. The Bertz CT molecular complexity index is 759. The number of rotatable bonds is 4. The van der Waals surface area contributed by atoms with Crippen molar-refractivity contribution in [2.75, 3.05) is 19.7 Å².